The minimum atomic E-state index is -0.355. The molecule has 7 nitrogen and oxygen atoms in total. The van der Waals surface area contributed by atoms with Crippen LogP contribution in [-0.4, -0.2) is 43.4 Å². The molecule has 0 aliphatic carbocycles. The average Bonchev–Trinajstić information content (AvgIpc) is 3.04. The van der Waals surface area contributed by atoms with E-state index < -0.39 is 0 Å². The summed E-state index contributed by atoms with van der Waals surface area (Å²) in [4.78, 5) is 27.0. The number of hydrogen-bond acceptors (Lipinski definition) is 5. The Balaban J connectivity index is 1.70. The van der Waals surface area contributed by atoms with Gasteiger partial charge in [0.15, 0.2) is 17.0 Å². The summed E-state index contributed by atoms with van der Waals surface area (Å²) in [5, 5.41) is 0. The van der Waals surface area contributed by atoms with Crippen molar-refractivity contribution in [3.05, 3.63) is 35.9 Å². The molecule has 3 heterocycles. The Labute approximate surface area is 161 Å². The van der Waals surface area contributed by atoms with Crippen molar-refractivity contribution in [2.75, 3.05) is 18.8 Å². The lowest BCUT2D eigenvalue weighted by atomic mass is 10.1. The van der Waals surface area contributed by atoms with E-state index in [1.807, 2.05) is 0 Å². The number of carbonyl (C=O) groups excluding carboxylic acids is 1. The van der Waals surface area contributed by atoms with Crippen LogP contribution in [0.5, 0.6) is 0 Å². The fourth-order valence-corrected chi connectivity index (χ4v) is 3.31. The van der Waals surface area contributed by atoms with E-state index in [0.29, 0.717) is 22.6 Å². The third kappa shape index (κ3) is 3.39. The van der Waals surface area contributed by atoms with Crippen molar-refractivity contribution in [2.45, 2.75) is 19.3 Å². The minimum absolute atomic E-state index is 0.157. The first-order chi connectivity index (χ1) is 13.5. The Morgan fingerprint density at radius 3 is 2.71 bits per heavy atom. The Bertz CT molecular complexity index is 1120. The number of piperidine rings is 1. The highest BCUT2D eigenvalue weighted by Gasteiger charge is 2.17. The number of benzene rings is 1. The van der Waals surface area contributed by atoms with Crippen molar-refractivity contribution in [1.82, 2.24) is 24.4 Å². The van der Waals surface area contributed by atoms with Gasteiger partial charge in [0, 0.05) is 31.6 Å². The molecule has 0 atom stereocenters. The number of nitrogens with two attached hydrogens (primary N) is 1. The van der Waals surface area contributed by atoms with Gasteiger partial charge in [0.25, 0.3) is 5.91 Å². The highest BCUT2D eigenvalue weighted by Crippen LogP contribution is 2.25. The van der Waals surface area contributed by atoms with Crippen molar-refractivity contribution >= 4 is 22.9 Å². The predicted molar refractivity (Wildman–Crippen MR) is 103 cm³/mol. The fourth-order valence-electron chi connectivity index (χ4n) is 3.31. The Morgan fingerprint density at radius 1 is 1.18 bits per heavy atom. The van der Waals surface area contributed by atoms with Gasteiger partial charge in [-0.05, 0) is 37.3 Å². The van der Waals surface area contributed by atoms with Crippen LogP contribution in [0.3, 0.4) is 0 Å². The Kier molecular flexibility index (Phi) is 4.65. The van der Waals surface area contributed by atoms with E-state index in [4.69, 9.17) is 5.73 Å². The molecule has 0 unspecified atom stereocenters. The first-order valence-corrected chi connectivity index (χ1v) is 9.10. The maximum Gasteiger partial charge on any atom is 0.298 e. The SMILES string of the molecule is Cn1c(-c2cccc(F)c2)nc2c(N)nc(C#CC(=O)N3CCCCC3)nc21. The molecule has 0 saturated carbocycles. The summed E-state index contributed by atoms with van der Waals surface area (Å²) in [7, 11) is 1.76. The zero-order valence-electron chi connectivity index (χ0n) is 15.4. The summed E-state index contributed by atoms with van der Waals surface area (Å²) < 4.78 is 15.3. The fraction of sp³-hybridized carbons (Fsp3) is 0.300. The number of fused-ring (bicyclic) bond motifs is 1. The maximum atomic E-state index is 13.6. The van der Waals surface area contributed by atoms with Crippen molar-refractivity contribution in [2.24, 2.45) is 7.05 Å². The van der Waals surface area contributed by atoms with Gasteiger partial charge in [-0.2, -0.15) is 0 Å². The highest BCUT2D eigenvalue weighted by molar-refractivity contribution is 5.94. The average molecular weight is 378 g/mol. The van der Waals surface area contributed by atoms with Crippen molar-refractivity contribution in [1.29, 1.82) is 0 Å². The van der Waals surface area contributed by atoms with Gasteiger partial charge in [-0.15, -0.1) is 0 Å². The first kappa shape index (κ1) is 17.9. The molecule has 8 heteroatoms. The summed E-state index contributed by atoms with van der Waals surface area (Å²) in [6.07, 6.45) is 3.14. The van der Waals surface area contributed by atoms with Gasteiger partial charge >= 0.3 is 0 Å². The summed E-state index contributed by atoms with van der Waals surface area (Å²) in [5.74, 6) is 5.57. The molecular weight excluding hydrogens is 359 g/mol. The van der Waals surface area contributed by atoms with Gasteiger partial charge in [0.1, 0.15) is 11.6 Å². The summed E-state index contributed by atoms with van der Waals surface area (Å²) >= 11 is 0. The molecule has 0 bridgehead atoms. The standard InChI is InChI=1S/C20H19FN6O/c1-26-19(13-6-5-7-14(21)12-13)25-17-18(22)23-15(24-20(17)26)8-9-16(28)27-10-3-2-4-11-27/h5-7,12H,2-4,10-11H2,1H3,(H2,22,23,24). The van der Waals surface area contributed by atoms with Crippen LogP contribution in [-0.2, 0) is 11.8 Å². The number of hydrogen-bond donors (Lipinski definition) is 1. The quantitative estimate of drug-likeness (QED) is 0.655. The molecule has 1 aliphatic heterocycles. The van der Waals surface area contributed by atoms with Crippen LogP contribution < -0.4 is 5.73 Å². The largest absolute Gasteiger partial charge is 0.382 e. The van der Waals surface area contributed by atoms with Crippen molar-refractivity contribution in [3.63, 3.8) is 0 Å². The van der Waals surface area contributed by atoms with Gasteiger partial charge in [-0.25, -0.2) is 19.3 Å². The van der Waals surface area contributed by atoms with Crippen LogP contribution in [0.15, 0.2) is 24.3 Å². The third-order valence-corrected chi connectivity index (χ3v) is 4.75. The molecule has 2 N–H and O–H groups in total. The maximum absolute atomic E-state index is 13.6. The second-order valence-corrected chi connectivity index (χ2v) is 6.71. The molecule has 1 saturated heterocycles. The molecule has 1 amide bonds. The number of halogens is 1. The molecule has 2 aromatic heterocycles. The Hall–Kier alpha value is -3.47. The van der Waals surface area contributed by atoms with E-state index in [0.717, 1.165) is 32.4 Å². The van der Waals surface area contributed by atoms with Gasteiger partial charge in [-0.3, -0.25) is 4.79 Å². The molecule has 28 heavy (non-hydrogen) atoms. The smallest absolute Gasteiger partial charge is 0.298 e. The van der Waals surface area contributed by atoms with Crippen LogP contribution in [0, 0.1) is 17.7 Å². The number of aromatic nitrogens is 4. The lowest BCUT2D eigenvalue weighted by molar-refractivity contribution is -0.125. The van der Waals surface area contributed by atoms with Crippen molar-refractivity contribution in [3.8, 4) is 23.2 Å². The van der Waals surface area contributed by atoms with E-state index in [2.05, 4.69) is 26.8 Å². The van der Waals surface area contributed by atoms with E-state index in [9.17, 15) is 9.18 Å². The second-order valence-electron chi connectivity index (χ2n) is 6.71. The molecule has 0 spiro atoms. The number of aryl methyl sites for hydroxylation is 1. The normalized spacial score (nSPS) is 14.0. The molecule has 1 aromatic carbocycles. The number of carbonyl (C=O) groups is 1. The lowest BCUT2D eigenvalue weighted by Gasteiger charge is -2.24. The summed E-state index contributed by atoms with van der Waals surface area (Å²) in [6, 6.07) is 6.13. The van der Waals surface area contributed by atoms with Gasteiger partial charge in [0.2, 0.25) is 5.82 Å². The Morgan fingerprint density at radius 2 is 1.96 bits per heavy atom. The third-order valence-electron chi connectivity index (χ3n) is 4.75. The predicted octanol–water partition coefficient (Wildman–Crippen LogP) is 2.12. The molecule has 1 aliphatic rings. The monoisotopic (exact) mass is 378 g/mol. The van der Waals surface area contributed by atoms with E-state index in [-0.39, 0.29) is 23.4 Å². The van der Waals surface area contributed by atoms with Crippen LogP contribution in [0.1, 0.15) is 25.1 Å². The van der Waals surface area contributed by atoms with Crippen LogP contribution in [0.2, 0.25) is 0 Å². The number of amides is 1. The number of imidazole rings is 1. The van der Waals surface area contributed by atoms with Crippen LogP contribution >= 0.6 is 0 Å². The molecular formula is C20H19FN6O. The zero-order valence-corrected chi connectivity index (χ0v) is 15.4. The molecule has 1 fully saturated rings. The summed E-state index contributed by atoms with van der Waals surface area (Å²) in [5.41, 5.74) is 7.52. The molecule has 4 rings (SSSR count). The molecule has 3 aromatic rings. The lowest BCUT2D eigenvalue weighted by Crippen LogP contribution is -2.34. The van der Waals surface area contributed by atoms with E-state index >= 15 is 0 Å². The topological polar surface area (TPSA) is 89.9 Å². The number of rotatable bonds is 1. The summed E-state index contributed by atoms with van der Waals surface area (Å²) in [6.45, 7) is 1.46. The number of nitrogen functional groups attached to an aromatic ring is 1. The first-order valence-electron chi connectivity index (χ1n) is 9.10. The van der Waals surface area contributed by atoms with Gasteiger partial charge in [0.05, 0.1) is 0 Å². The van der Waals surface area contributed by atoms with E-state index in [1.165, 1.54) is 12.1 Å². The second kappa shape index (κ2) is 7.27. The number of likely N-dealkylation sites (tertiary alicyclic amines) is 1. The van der Waals surface area contributed by atoms with Crippen LogP contribution in [0.25, 0.3) is 22.6 Å². The van der Waals surface area contributed by atoms with Gasteiger partial charge < -0.3 is 15.2 Å². The van der Waals surface area contributed by atoms with Crippen LogP contribution in [0.4, 0.5) is 10.2 Å². The van der Waals surface area contributed by atoms with Crippen molar-refractivity contribution < 1.29 is 9.18 Å². The number of anilines is 1. The number of nitrogens with zero attached hydrogens (tertiary/aromatic N) is 5. The highest BCUT2D eigenvalue weighted by atomic mass is 19.1. The molecule has 142 valence electrons. The van der Waals surface area contributed by atoms with Gasteiger partial charge in [-0.1, -0.05) is 12.1 Å². The zero-order chi connectivity index (χ0) is 19.7. The minimum Gasteiger partial charge on any atom is -0.382 e. The molecule has 0 radical (unpaired) electrons. The van der Waals surface area contributed by atoms with E-state index in [1.54, 1.807) is 28.6 Å².